The fourth-order valence-electron chi connectivity index (χ4n) is 3.29. The summed E-state index contributed by atoms with van der Waals surface area (Å²) in [5, 5.41) is 6.51. The molecule has 1 fully saturated rings. The molecule has 1 aliphatic heterocycles. The highest BCUT2D eigenvalue weighted by Crippen LogP contribution is 2.19. The molecule has 1 aromatic carbocycles. The fourth-order valence-corrected chi connectivity index (χ4v) is 3.29. The number of piperidine rings is 1. The number of likely N-dealkylation sites (tertiary alicyclic amines) is 1. The number of para-hydroxylation sites is 2. The van der Waals surface area contributed by atoms with E-state index in [9.17, 15) is 9.59 Å². The Balaban J connectivity index is 1.32. The minimum atomic E-state index is -0.154. The maximum absolute atomic E-state index is 12.7. The molecular formula is C19H20N6O3. The molecule has 1 saturated heterocycles. The highest BCUT2D eigenvalue weighted by atomic mass is 16.5. The normalized spacial score (nSPS) is 15.0. The van der Waals surface area contributed by atoms with Crippen LogP contribution in [0.15, 0.2) is 35.0 Å². The van der Waals surface area contributed by atoms with Crippen LogP contribution >= 0.6 is 0 Å². The van der Waals surface area contributed by atoms with Crippen LogP contribution in [0.4, 0.5) is 0 Å². The maximum Gasteiger partial charge on any atom is 0.274 e. The Morgan fingerprint density at radius 1 is 1.18 bits per heavy atom. The molecule has 9 nitrogen and oxygen atoms in total. The van der Waals surface area contributed by atoms with E-state index in [4.69, 9.17) is 4.52 Å². The van der Waals surface area contributed by atoms with Crippen molar-refractivity contribution >= 4 is 22.8 Å². The van der Waals surface area contributed by atoms with Crippen LogP contribution in [0.1, 0.15) is 35.0 Å². The van der Waals surface area contributed by atoms with Gasteiger partial charge in [-0.05, 0) is 31.9 Å². The molecular weight excluding hydrogens is 360 g/mol. The number of aryl methyl sites for hydroxylation is 1. The lowest BCUT2D eigenvalue weighted by molar-refractivity contribution is -0.126. The molecule has 2 aromatic heterocycles. The summed E-state index contributed by atoms with van der Waals surface area (Å²) in [7, 11) is 0. The third-order valence-electron chi connectivity index (χ3n) is 4.80. The van der Waals surface area contributed by atoms with Crippen molar-refractivity contribution < 1.29 is 14.1 Å². The Kier molecular flexibility index (Phi) is 4.96. The zero-order chi connectivity index (χ0) is 19.5. The third kappa shape index (κ3) is 3.83. The van der Waals surface area contributed by atoms with Crippen molar-refractivity contribution in [1.29, 1.82) is 0 Å². The summed E-state index contributed by atoms with van der Waals surface area (Å²) < 4.78 is 4.99. The summed E-state index contributed by atoms with van der Waals surface area (Å²) in [4.78, 5) is 39.6. The van der Waals surface area contributed by atoms with Crippen LogP contribution < -0.4 is 5.32 Å². The van der Waals surface area contributed by atoms with Gasteiger partial charge in [0.2, 0.25) is 11.8 Å². The van der Waals surface area contributed by atoms with Gasteiger partial charge in [0, 0.05) is 19.0 Å². The van der Waals surface area contributed by atoms with E-state index in [-0.39, 0.29) is 24.3 Å². The number of aromatic nitrogens is 4. The molecule has 3 heterocycles. The minimum Gasteiger partial charge on any atom is -0.347 e. The second-order valence-electron chi connectivity index (χ2n) is 6.76. The number of nitrogens with zero attached hydrogens (tertiary/aromatic N) is 5. The summed E-state index contributed by atoms with van der Waals surface area (Å²) in [5.41, 5.74) is 1.78. The first-order chi connectivity index (χ1) is 13.6. The van der Waals surface area contributed by atoms with Crippen molar-refractivity contribution in [3.05, 3.63) is 47.9 Å². The van der Waals surface area contributed by atoms with Gasteiger partial charge in [-0.1, -0.05) is 17.3 Å². The van der Waals surface area contributed by atoms with Gasteiger partial charge in [-0.3, -0.25) is 14.6 Å². The first-order valence-electron chi connectivity index (χ1n) is 9.18. The molecule has 0 saturated carbocycles. The molecule has 0 aliphatic carbocycles. The van der Waals surface area contributed by atoms with E-state index in [1.54, 1.807) is 11.8 Å². The van der Waals surface area contributed by atoms with Gasteiger partial charge in [0.25, 0.3) is 5.91 Å². The van der Waals surface area contributed by atoms with Crippen molar-refractivity contribution in [1.82, 2.24) is 30.3 Å². The highest BCUT2D eigenvalue weighted by Gasteiger charge is 2.28. The molecule has 28 heavy (non-hydrogen) atoms. The Morgan fingerprint density at radius 3 is 2.64 bits per heavy atom. The molecule has 2 amide bonds. The lowest BCUT2D eigenvalue weighted by atomic mass is 9.95. The van der Waals surface area contributed by atoms with E-state index in [1.165, 1.54) is 6.20 Å². The van der Waals surface area contributed by atoms with Crippen LogP contribution in [0.5, 0.6) is 0 Å². The molecule has 4 rings (SSSR count). The lowest BCUT2D eigenvalue weighted by Crippen LogP contribution is -2.43. The molecule has 0 spiro atoms. The van der Waals surface area contributed by atoms with Crippen molar-refractivity contribution in [2.75, 3.05) is 13.1 Å². The summed E-state index contributed by atoms with van der Waals surface area (Å²) in [6.45, 7) is 2.95. The quantitative estimate of drug-likeness (QED) is 0.729. The number of hydrogen-bond donors (Lipinski definition) is 1. The highest BCUT2D eigenvalue weighted by molar-refractivity contribution is 5.94. The zero-order valence-corrected chi connectivity index (χ0v) is 15.5. The first-order valence-corrected chi connectivity index (χ1v) is 9.18. The van der Waals surface area contributed by atoms with Crippen molar-refractivity contribution in [3.63, 3.8) is 0 Å². The lowest BCUT2D eigenvalue weighted by Gasteiger charge is -2.31. The zero-order valence-electron chi connectivity index (χ0n) is 15.5. The van der Waals surface area contributed by atoms with Crippen molar-refractivity contribution in [2.24, 2.45) is 5.92 Å². The largest absolute Gasteiger partial charge is 0.347 e. The van der Waals surface area contributed by atoms with Gasteiger partial charge < -0.3 is 14.7 Å². The number of fused-ring (bicyclic) bond motifs is 1. The average Bonchev–Trinajstić information content (AvgIpc) is 3.16. The molecule has 144 valence electrons. The van der Waals surface area contributed by atoms with Gasteiger partial charge in [0.05, 0.1) is 23.8 Å². The van der Waals surface area contributed by atoms with E-state index in [0.717, 1.165) is 5.52 Å². The standard InChI is InChI=1S/C19H20N6O3/c1-12-22-17(28-24-12)11-21-18(26)13-6-8-25(9-7-13)19(27)16-10-20-14-4-2-3-5-15(14)23-16/h2-5,10,13H,6-9,11H2,1H3,(H,21,26). The average molecular weight is 380 g/mol. The Hall–Kier alpha value is -3.36. The van der Waals surface area contributed by atoms with Crippen LogP contribution in [-0.4, -0.2) is 49.9 Å². The SMILES string of the molecule is Cc1noc(CNC(=O)C2CCN(C(=O)c3cnc4ccccc4n3)CC2)n1. The molecule has 0 radical (unpaired) electrons. The number of hydrogen-bond acceptors (Lipinski definition) is 7. The van der Waals surface area contributed by atoms with Crippen LogP contribution in [-0.2, 0) is 11.3 Å². The number of carbonyl (C=O) groups excluding carboxylic acids is 2. The second kappa shape index (κ2) is 7.71. The van der Waals surface area contributed by atoms with Gasteiger partial charge in [0.15, 0.2) is 5.82 Å². The molecule has 0 atom stereocenters. The summed E-state index contributed by atoms with van der Waals surface area (Å²) >= 11 is 0. The van der Waals surface area contributed by atoms with Gasteiger partial charge in [-0.15, -0.1) is 0 Å². The summed E-state index contributed by atoms with van der Waals surface area (Å²) in [6.07, 6.45) is 2.71. The minimum absolute atomic E-state index is 0.0616. The molecule has 0 bridgehead atoms. The third-order valence-corrected chi connectivity index (χ3v) is 4.80. The molecule has 1 N–H and O–H groups in total. The van der Waals surface area contributed by atoms with Crippen LogP contribution in [0, 0.1) is 12.8 Å². The molecule has 0 unspecified atom stereocenters. The van der Waals surface area contributed by atoms with E-state index in [2.05, 4.69) is 25.4 Å². The van der Waals surface area contributed by atoms with Crippen LogP contribution in [0.2, 0.25) is 0 Å². The van der Waals surface area contributed by atoms with E-state index >= 15 is 0 Å². The number of benzene rings is 1. The molecule has 1 aliphatic rings. The van der Waals surface area contributed by atoms with Crippen LogP contribution in [0.3, 0.4) is 0 Å². The summed E-state index contributed by atoms with van der Waals surface area (Å²) in [6, 6.07) is 7.44. The fraction of sp³-hybridized carbons (Fsp3) is 0.368. The Labute approximate surface area is 161 Å². The van der Waals surface area contributed by atoms with Crippen LogP contribution in [0.25, 0.3) is 11.0 Å². The number of amides is 2. The monoisotopic (exact) mass is 380 g/mol. The molecule has 9 heteroatoms. The predicted molar refractivity (Wildman–Crippen MR) is 99.0 cm³/mol. The molecule has 3 aromatic rings. The van der Waals surface area contributed by atoms with E-state index in [0.29, 0.717) is 48.9 Å². The topological polar surface area (TPSA) is 114 Å². The van der Waals surface area contributed by atoms with Gasteiger partial charge in [-0.2, -0.15) is 4.98 Å². The van der Waals surface area contributed by atoms with Gasteiger partial charge in [-0.25, -0.2) is 4.98 Å². The maximum atomic E-state index is 12.7. The van der Waals surface area contributed by atoms with E-state index in [1.807, 2.05) is 24.3 Å². The Bertz CT molecular complexity index is 1010. The summed E-state index contributed by atoms with van der Waals surface area (Å²) in [5.74, 6) is 0.559. The van der Waals surface area contributed by atoms with Gasteiger partial charge in [0.1, 0.15) is 5.69 Å². The Morgan fingerprint density at radius 2 is 1.93 bits per heavy atom. The van der Waals surface area contributed by atoms with Crippen molar-refractivity contribution in [2.45, 2.75) is 26.3 Å². The number of carbonyl (C=O) groups is 2. The van der Waals surface area contributed by atoms with E-state index < -0.39 is 0 Å². The first kappa shape index (κ1) is 18.0. The second-order valence-corrected chi connectivity index (χ2v) is 6.76. The predicted octanol–water partition coefficient (Wildman–Crippen LogP) is 1.49. The smallest absolute Gasteiger partial charge is 0.274 e. The van der Waals surface area contributed by atoms with Crippen molar-refractivity contribution in [3.8, 4) is 0 Å². The van der Waals surface area contributed by atoms with Gasteiger partial charge >= 0.3 is 0 Å². The number of nitrogens with one attached hydrogen (secondary N) is 1. The number of rotatable bonds is 4.